The molecular formula is C18H21N9O. The average Bonchev–Trinajstić information content (AvgIpc) is 3.10. The summed E-state index contributed by atoms with van der Waals surface area (Å²) < 4.78 is 9.30. The van der Waals surface area contributed by atoms with Crippen LogP contribution in [0.5, 0.6) is 0 Å². The van der Waals surface area contributed by atoms with Crippen molar-refractivity contribution in [1.29, 1.82) is 5.26 Å². The van der Waals surface area contributed by atoms with Gasteiger partial charge in [0.2, 0.25) is 6.19 Å². The number of imidazole rings is 1. The van der Waals surface area contributed by atoms with Gasteiger partial charge in [-0.3, -0.25) is 10.3 Å². The first-order chi connectivity index (χ1) is 13.8. The number of hydrazone groups is 1. The maximum absolute atomic E-state index is 9.54. The molecule has 6 rings (SSSR count). The van der Waals surface area contributed by atoms with E-state index in [1.165, 1.54) is 17.5 Å². The van der Waals surface area contributed by atoms with Crippen molar-refractivity contribution in [2.24, 2.45) is 11.0 Å². The average molecular weight is 379 g/mol. The van der Waals surface area contributed by atoms with E-state index in [-0.39, 0.29) is 6.17 Å². The molecule has 144 valence electrons. The number of rotatable bonds is 3. The molecule has 2 aliphatic heterocycles. The quantitative estimate of drug-likeness (QED) is 0.855. The lowest BCUT2D eigenvalue weighted by Crippen LogP contribution is -2.54. The van der Waals surface area contributed by atoms with Gasteiger partial charge in [-0.2, -0.15) is 10.4 Å². The molecule has 2 fully saturated rings. The first kappa shape index (κ1) is 16.1. The number of aromatic nitrogens is 5. The number of nitriles is 1. The molecule has 0 radical (unpaired) electrons. The van der Waals surface area contributed by atoms with Crippen LogP contribution in [0, 0.1) is 17.4 Å². The first-order valence-electron chi connectivity index (χ1n) is 9.83. The fourth-order valence-corrected chi connectivity index (χ4v) is 5.23. The van der Waals surface area contributed by atoms with E-state index in [2.05, 4.69) is 41.5 Å². The van der Waals surface area contributed by atoms with E-state index in [1.807, 2.05) is 12.5 Å². The minimum absolute atomic E-state index is 0.0716. The highest BCUT2D eigenvalue weighted by atomic mass is 16.5. The highest BCUT2D eigenvalue weighted by molar-refractivity contribution is 6.10. The second-order valence-corrected chi connectivity index (χ2v) is 8.05. The van der Waals surface area contributed by atoms with Crippen molar-refractivity contribution >= 4 is 11.7 Å². The van der Waals surface area contributed by atoms with Crippen molar-refractivity contribution in [1.82, 2.24) is 30.0 Å². The highest BCUT2D eigenvalue weighted by Crippen LogP contribution is 2.51. The smallest absolute Gasteiger partial charge is 0.208 e. The van der Waals surface area contributed by atoms with Crippen LogP contribution < -0.4 is 10.3 Å². The Balaban J connectivity index is 1.48. The van der Waals surface area contributed by atoms with Gasteiger partial charge in [0.05, 0.1) is 12.5 Å². The minimum Gasteiger partial charge on any atom is -0.372 e. The Kier molecular flexibility index (Phi) is 3.18. The Morgan fingerprint density at radius 3 is 2.96 bits per heavy atom. The van der Waals surface area contributed by atoms with Gasteiger partial charge in [0.25, 0.3) is 0 Å². The molecule has 0 amide bonds. The molecule has 10 nitrogen and oxygen atoms in total. The first-order valence-corrected chi connectivity index (χ1v) is 9.83. The van der Waals surface area contributed by atoms with Gasteiger partial charge in [-0.1, -0.05) is 18.1 Å². The molecule has 4 aliphatic rings. The van der Waals surface area contributed by atoms with Gasteiger partial charge >= 0.3 is 0 Å². The molecule has 1 N–H and O–H groups in total. The summed E-state index contributed by atoms with van der Waals surface area (Å²) in [5, 5.41) is 22.6. The van der Waals surface area contributed by atoms with Crippen LogP contribution in [0.3, 0.4) is 0 Å². The van der Waals surface area contributed by atoms with Gasteiger partial charge in [0.15, 0.2) is 11.5 Å². The van der Waals surface area contributed by atoms with Crippen molar-refractivity contribution < 1.29 is 4.74 Å². The zero-order valence-electron chi connectivity index (χ0n) is 15.6. The molecule has 0 spiro atoms. The normalized spacial score (nSPS) is 29.2. The molecule has 2 aromatic rings. The molecule has 2 aliphatic carbocycles. The molecule has 3 unspecified atom stereocenters. The van der Waals surface area contributed by atoms with Crippen LogP contribution in [0.25, 0.3) is 0 Å². The van der Waals surface area contributed by atoms with Gasteiger partial charge in [-0.25, -0.2) is 4.98 Å². The molecule has 3 atom stereocenters. The highest BCUT2D eigenvalue weighted by Gasteiger charge is 2.53. The Bertz CT molecular complexity index is 1010. The van der Waals surface area contributed by atoms with E-state index in [0.29, 0.717) is 29.2 Å². The van der Waals surface area contributed by atoms with E-state index in [0.717, 1.165) is 31.5 Å². The van der Waals surface area contributed by atoms with E-state index in [9.17, 15) is 5.26 Å². The third kappa shape index (κ3) is 1.94. The summed E-state index contributed by atoms with van der Waals surface area (Å²) in [4.78, 5) is 6.61. The van der Waals surface area contributed by atoms with Crippen molar-refractivity contribution in [3.63, 3.8) is 0 Å². The number of nitrogens with one attached hydrogen (secondary N) is 1. The van der Waals surface area contributed by atoms with Crippen LogP contribution in [0.2, 0.25) is 0 Å². The second kappa shape index (κ2) is 5.54. The third-order valence-electron chi connectivity index (χ3n) is 6.75. The molecule has 10 heteroatoms. The van der Waals surface area contributed by atoms with Crippen LogP contribution in [0.1, 0.15) is 56.0 Å². The van der Waals surface area contributed by atoms with Gasteiger partial charge in [-0.05, 0) is 25.7 Å². The Hall–Kier alpha value is -2.93. The summed E-state index contributed by atoms with van der Waals surface area (Å²) in [5.41, 5.74) is 4.15. The maximum atomic E-state index is 9.54. The van der Waals surface area contributed by atoms with Gasteiger partial charge in [0.1, 0.15) is 23.3 Å². The van der Waals surface area contributed by atoms with E-state index in [1.54, 1.807) is 7.11 Å². The molecule has 0 bridgehead atoms. The second-order valence-electron chi connectivity index (χ2n) is 8.05. The summed E-state index contributed by atoms with van der Waals surface area (Å²) in [6.45, 7) is 0. The number of fused-ring (bicyclic) bond motifs is 6. The van der Waals surface area contributed by atoms with Crippen molar-refractivity contribution in [3.8, 4) is 6.19 Å². The zero-order chi connectivity index (χ0) is 18.9. The molecule has 28 heavy (non-hydrogen) atoms. The summed E-state index contributed by atoms with van der Waals surface area (Å²) in [6.07, 6.45) is 12.5. The number of nitrogens with zero attached hydrogens (tertiary/aromatic N) is 8. The lowest BCUT2D eigenvalue weighted by Gasteiger charge is -2.45. The predicted octanol–water partition coefficient (Wildman–Crippen LogP) is 1.28. The third-order valence-corrected chi connectivity index (χ3v) is 6.75. The Morgan fingerprint density at radius 1 is 1.32 bits per heavy atom. The summed E-state index contributed by atoms with van der Waals surface area (Å²) >= 11 is 0. The summed E-state index contributed by atoms with van der Waals surface area (Å²) in [7, 11) is 1.67. The van der Waals surface area contributed by atoms with E-state index in [4.69, 9.17) is 4.74 Å². The number of methoxy groups -OCH3 is 1. The van der Waals surface area contributed by atoms with Crippen LogP contribution in [0.4, 0.5) is 5.82 Å². The van der Waals surface area contributed by atoms with Gasteiger partial charge in [-0.15, -0.1) is 9.78 Å². The standard InChI is InChI=1S/C18H21N9O/c1-28-18(6-7-18)15-14(21-24-26(15)9-19)17-23-22-16-11-4-2-3-5-12(11)25-10-20-8-13(25)27(16)17/h8,10-12,16,22H,2-7H2,1H3. The van der Waals surface area contributed by atoms with Crippen LogP contribution in [-0.2, 0) is 10.3 Å². The summed E-state index contributed by atoms with van der Waals surface area (Å²) in [6, 6.07) is 0.442. The van der Waals surface area contributed by atoms with Crippen LogP contribution in [-0.4, -0.2) is 43.7 Å². The lowest BCUT2D eigenvalue weighted by molar-refractivity contribution is 0.0730. The van der Waals surface area contributed by atoms with Gasteiger partial charge in [0, 0.05) is 19.1 Å². The largest absolute Gasteiger partial charge is 0.372 e. The number of ether oxygens (including phenoxy) is 1. The Labute approximate surface area is 161 Å². The van der Waals surface area contributed by atoms with Crippen LogP contribution in [0.15, 0.2) is 17.6 Å². The van der Waals surface area contributed by atoms with E-state index < -0.39 is 5.60 Å². The molecule has 0 saturated heterocycles. The van der Waals surface area contributed by atoms with E-state index >= 15 is 0 Å². The number of hydrogen-bond acceptors (Lipinski definition) is 8. The number of anilines is 1. The molecule has 0 aromatic carbocycles. The van der Waals surface area contributed by atoms with Crippen LogP contribution >= 0.6 is 0 Å². The van der Waals surface area contributed by atoms with Crippen molar-refractivity contribution in [2.75, 3.05) is 12.0 Å². The molecule has 2 saturated carbocycles. The Morgan fingerprint density at radius 2 is 2.18 bits per heavy atom. The monoisotopic (exact) mass is 379 g/mol. The molecular weight excluding hydrogens is 358 g/mol. The topological polar surface area (TPSA) is 109 Å². The minimum atomic E-state index is -0.501. The number of amidine groups is 1. The maximum Gasteiger partial charge on any atom is 0.208 e. The number of hydrogen-bond donors (Lipinski definition) is 1. The zero-order valence-corrected chi connectivity index (χ0v) is 15.6. The van der Waals surface area contributed by atoms with Crippen molar-refractivity contribution in [3.05, 3.63) is 23.9 Å². The predicted molar refractivity (Wildman–Crippen MR) is 98.1 cm³/mol. The SMILES string of the molecule is COC1(c2c(C3=NNC4C5CCCCC5n5cncc5N34)nnn2C#N)CC1. The molecule has 4 heterocycles. The summed E-state index contributed by atoms with van der Waals surface area (Å²) in [5.74, 6) is 2.15. The van der Waals surface area contributed by atoms with Crippen molar-refractivity contribution in [2.45, 2.75) is 56.3 Å². The fraction of sp³-hybridized carbons (Fsp3) is 0.611. The lowest BCUT2D eigenvalue weighted by atomic mass is 9.80. The molecule has 2 aromatic heterocycles. The van der Waals surface area contributed by atoms with Gasteiger partial charge < -0.3 is 9.30 Å². The fourth-order valence-electron chi connectivity index (χ4n) is 5.23.